The van der Waals surface area contributed by atoms with Crippen LogP contribution in [0.4, 0.5) is 0 Å². The van der Waals surface area contributed by atoms with Crippen molar-refractivity contribution in [3.63, 3.8) is 0 Å². The molecule has 22 heavy (non-hydrogen) atoms. The van der Waals surface area contributed by atoms with E-state index in [0.717, 1.165) is 34.6 Å². The summed E-state index contributed by atoms with van der Waals surface area (Å²) in [5.41, 5.74) is 4.36. The molecule has 0 aliphatic heterocycles. The fourth-order valence-corrected chi connectivity index (χ4v) is 2.52. The monoisotopic (exact) mass is 292 g/mol. The van der Waals surface area contributed by atoms with E-state index in [1.807, 2.05) is 37.3 Å². The number of rotatable bonds is 5. The number of nitrogens with zero attached hydrogens (tertiary/aromatic N) is 1. The molecule has 0 radical (unpaired) electrons. The first-order valence-electron chi connectivity index (χ1n) is 7.49. The SMILES string of the molecule is C=CCc1ccccc1OC(C)c1nc2ccc(C)cc2[nH]1. The van der Waals surface area contributed by atoms with Crippen molar-refractivity contribution in [2.75, 3.05) is 0 Å². The van der Waals surface area contributed by atoms with Crippen LogP contribution in [0.25, 0.3) is 11.0 Å². The molecule has 0 aliphatic carbocycles. The maximum absolute atomic E-state index is 6.10. The Morgan fingerprint density at radius 3 is 2.91 bits per heavy atom. The molecule has 0 amide bonds. The van der Waals surface area contributed by atoms with Gasteiger partial charge in [-0.15, -0.1) is 6.58 Å². The van der Waals surface area contributed by atoms with Crippen molar-refractivity contribution in [1.82, 2.24) is 9.97 Å². The summed E-state index contributed by atoms with van der Waals surface area (Å²) in [7, 11) is 0. The number of benzene rings is 2. The first-order chi connectivity index (χ1) is 10.7. The first-order valence-corrected chi connectivity index (χ1v) is 7.49. The van der Waals surface area contributed by atoms with Crippen LogP contribution in [0.15, 0.2) is 55.1 Å². The van der Waals surface area contributed by atoms with Crippen LogP contribution in [-0.4, -0.2) is 9.97 Å². The topological polar surface area (TPSA) is 37.9 Å². The van der Waals surface area contributed by atoms with Gasteiger partial charge in [-0.3, -0.25) is 0 Å². The van der Waals surface area contributed by atoms with Crippen molar-refractivity contribution in [3.05, 3.63) is 72.1 Å². The third kappa shape index (κ3) is 2.89. The maximum Gasteiger partial charge on any atom is 0.153 e. The molecule has 2 aromatic carbocycles. The molecule has 0 saturated heterocycles. The minimum atomic E-state index is -0.140. The molecule has 0 saturated carbocycles. The predicted octanol–water partition coefficient (Wildman–Crippen LogP) is 4.74. The van der Waals surface area contributed by atoms with Gasteiger partial charge < -0.3 is 9.72 Å². The molecule has 1 heterocycles. The van der Waals surface area contributed by atoms with Gasteiger partial charge in [0.05, 0.1) is 11.0 Å². The zero-order valence-electron chi connectivity index (χ0n) is 13.0. The summed E-state index contributed by atoms with van der Waals surface area (Å²) in [5.74, 6) is 1.72. The van der Waals surface area contributed by atoms with Crippen LogP contribution in [0.3, 0.4) is 0 Å². The average Bonchev–Trinajstić information content (AvgIpc) is 2.92. The fourth-order valence-electron chi connectivity index (χ4n) is 2.52. The molecule has 1 N–H and O–H groups in total. The van der Waals surface area contributed by atoms with Crippen LogP contribution >= 0.6 is 0 Å². The number of aryl methyl sites for hydroxylation is 1. The van der Waals surface area contributed by atoms with E-state index < -0.39 is 0 Å². The lowest BCUT2D eigenvalue weighted by atomic mass is 10.1. The largest absolute Gasteiger partial charge is 0.483 e. The summed E-state index contributed by atoms with van der Waals surface area (Å²) in [6.45, 7) is 7.88. The number of H-pyrrole nitrogens is 1. The predicted molar refractivity (Wildman–Crippen MR) is 90.2 cm³/mol. The molecule has 3 aromatic rings. The van der Waals surface area contributed by atoms with E-state index in [1.165, 1.54) is 5.56 Å². The van der Waals surface area contributed by atoms with Gasteiger partial charge in [0.15, 0.2) is 6.10 Å². The molecule has 3 heteroatoms. The van der Waals surface area contributed by atoms with Gasteiger partial charge >= 0.3 is 0 Å². The lowest BCUT2D eigenvalue weighted by molar-refractivity contribution is 0.216. The summed E-state index contributed by atoms with van der Waals surface area (Å²) < 4.78 is 6.10. The summed E-state index contributed by atoms with van der Waals surface area (Å²) >= 11 is 0. The number of aromatic nitrogens is 2. The van der Waals surface area contributed by atoms with Crippen molar-refractivity contribution < 1.29 is 4.74 Å². The second-order valence-corrected chi connectivity index (χ2v) is 5.50. The van der Waals surface area contributed by atoms with Crippen LogP contribution in [0.1, 0.15) is 30.0 Å². The second-order valence-electron chi connectivity index (χ2n) is 5.50. The molecule has 1 unspecified atom stereocenters. The minimum Gasteiger partial charge on any atom is -0.483 e. The molecule has 3 rings (SSSR count). The van der Waals surface area contributed by atoms with E-state index in [1.54, 1.807) is 0 Å². The van der Waals surface area contributed by atoms with Crippen LogP contribution in [-0.2, 0) is 6.42 Å². The van der Waals surface area contributed by atoms with Gasteiger partial charge in [-0.1, -0.05) is 30.3 Å². The normalized spacial score (nSPS) is 12.3. The highest BCUT2D eigenvalue weighted by atomic mass is 16.5. The smallest absolute Gasteiger partial charge is 0.153 e. The van der Waals surface area contributed by atoms with E-state index in [-0.39, 0.29) is 6.10 Å². The van der Waals surface area contributed by atoms with Gasteiger partial charge in [-0.25, -0.2) is 4.98 Å². The number of hydrogen-bond donors (Lipinski definition) is 1. The van der Waals surface area contributed by atoms with Gasteiger partial charge in [0, 0.05) is 0 Å². The third-order valence-electron chi connectivity index (χ3n) is 3.68. The van der Waals surface area contributed by atoms with Crippen LogP contribution in [0, 0.1) is 6.92 Å². The summed E-state index contributed by atoms with van der Waals surface area (Å²) in [5, 5.41) is 0. The molecule has 1 aromatic heterocycles. The Hall–Kier alpha value is -2.55. The number of nitrogens with one attached hydrogen (secondary N) is 1. The fraction of sp³-hybridized carbons (Fsp3) is 0.211. The van der Waals surface area contributed by atoms with Crippen LogP contribution in [0.2, 0.25) is 0 Å². The molecule has 0 fully saturated rings. The first kappa shape index (κ1) is 14.4. The van der Waals surface area contributed by atoms with Gasteiger partial charge in [0.25, 0.3) is 0 Å². The van der Waals surface area contributed by atoms with Gasteiger partial charge in [0.1, 0.15) is 11.6 Å². The highest BCUT2D eigenvalue weighted by Gasteiger charge is 2.14. The molecular weight excluding hydrogens is 272 g/mol. The van der Waals surface area contributed by atoms with Crippen molar-refractivity contribution in [2.24, 2.45) is 0 Å². The number of para-hydroxylation sites is 1. The van der Waals surface area contributed by atoms with E-state index in [4.69, 9.17) is 4.74 Å². The highest BCUT2D eigenvalue weighted by molar-refractivity contribution is 5.75. The Labute approximate surface area is 130 Å². The number of fused-ring (bicyclic) bond motifs is 1. The Morgan fingerprint density at radius 1 is 1.27 bits per heavy atom. The molecular formula is C19H20N2O. The van der Waals surface area contributed by atoms with Crippen molar-refractivity contribution >= 4 is 11.0 Å². The van der Waals surface area contributed by atoms with Gasteiger partial charge in [-0.05, 0) is 49.6 Å². The second kappa shape index (κ2) is 6.06. The van der Waals surface area contributed by atoms with Crippen molar-refractivity contribution in [3.8, 4) is 5.75 Å². The van der Waals surface area contributed by atoms with Gasteiger partial charge in [0.2, 0.25) is 0 Å². The zero-order chi connectivity index (χ0) is 15.5. The minimum absolute atomic E-state index is 0.140. The number of aromatic amines is 1. The Morgan fingerprint density at radius 2 is 2.09 bits per heavy atom. The molecule has 3 nitrogen and oxygen atoms in total. The molecule has 112 valence electrons. The van der Waals surface area contributed by atoms with Crippen molar-refractivity contribution in [1.29, 1.82) is 0 Å². The molecule has 0 spiro atoms. The third-order valence-corrected chi connectivity index (χ3v) is 3.68. The maximum atomic E-state index is 6.10. The Kier molecular flexibility index (Phi) is 3.96. The van der Waals surface area contributed by atoms with E-state index in [2.05, 4.69) is 41.7 Å². The average molecular weight is 292 g/mol. The Balaban J connectivity index is 1.86. The highest BCUT2D eigenvalue weighted by Crippen LogP contribution is 2.26. The van der Waals surface area contributed by atoms with E-state index in [0.29, 0.717) is 0 Å². The quantitative estimate of drug-likeness (QED) is 0.690. The van der Waals surface area contributed by atoms with E-state index >= 15 is 0 Å². The number of hydrogen-bond acceptors (Lipinski definition) is 2. The summed E-state index contributed by atoms with van der Waals surface area (Å²) in [6, 6.07) is 14.2. The standard InChI is InChI=1S/C19H20N2O/c1-4-7-15-8-5-6-9-18(15)22-14(3)19-20-16-11-10-13(2)12-17(16)21-19/h4-6,8-12,14H,1,7H2,2-3H3,(H,20,21). The summed E-state index contributed by atoms with van der Waals surface area (Å²) in [4.78, 5) is 7.98. The lowest BCUT2D eigenvalue weighted by Gasteiger charge is -2.15. The summed E-state index contributed by atoms with van der Waals surface area (Å²) in [6.07, 6.45) is 2.54. The van der Waals surface area contributed by atoms with Crippen LogP contribution < -0.4 is 4.74 Å². The number of imidazole rings is 1. The lowest BCUT2D eigenvalue weighted by Crippen LogP contribution is -2.06. The van der Waals surface area contributed by atoms with E-state index in [9.17, 15) is 0 Å². The molecule has 0 aliphatic rings. The molecule has 1 atom stereocenters. The van der Waals surface area contributed by atoms with Gasteiger partial charge in [-0.2, -0.15) is 0 Å². The van der Waals surface area contributed by atoms with Crippen LogP contribution in [0.5, 0.6) is 5.75 Å². The Bertz CT molecular complexity index is 804. The number of ether oxygens (including phenoxy) is 1. The molecule has 0 bridgehead atoms. The zero-order valence-corrected chi connectivity index (χ0v) is 13.0. The number of allylic oxidation sites excluding steroid dienone is 1. The van der Waals surface area contributed by atoms with Crippen molar-refractivity contribution in [2.45, 2.75) is 26.4 Å².